The molecule has 5 nitrogen and oxygen atoms in total. The molecule has 1 amide bonds. The van der Waals surface area contributed by atoms with Crippen LogP contribution in [0.3, 0.4) is 0 Å². The van der Waals surface area contributed by atoms with E-state index in [4.69, 9.17) is 4.52 Å². The van der Waals surface area contributed by atoms with Crippen molar-refractivity contribution in [1.82, 2.24) is 15.0 Å². The van der Waals surface area contributed by atoms with Gasteiger partial charge in [0, 0.05) is 12.6 Å². The van der Waals surface area contributed by atoms with E-state index < -0.39 is 0 Å². The van der Waals surface area contributed by atoms with Gasteiger partial charge in [-0.2, -0.15) is 4.98 Å². The average molecular weight is 313 g/mol. The predicted octanol–water partition coefficient (Wildman–Crippen LogP) is 3.38. The fourth-order valence-electron chi connectivity index (χ4n) is 2.08. The van der Waals surface area contributed by atoms with Gasteiger partial charge in [-0.3, -0.25) is 4.79 Å². The Balaban J connectivity index is 1.73. The first-order valence-corrected chi connectivity index (χ1v) is 7.70. The van der Waals surface area contributed by atoms with E-state index in [1.807, 2.05) is 42.6 Å². The molecule has 2 aromatic heterocycles. The smallest absolute Gasteiger partial charge is 0.264 e. The van der Waals surface area contributed by atoms with Crippen LogP contribution in [0.4, 0.5) is 0 Å². The number of carbonyl (C=O) groups excluding carboxylic acids is 1. The summed E-state index contributed by atoms with van der Waals surface area (Å²) in [5, 5.41) is 5.86. The molecule has 22 heavy (non-hydrogen) atoms. The van der Waals surface area contributed by atoms with Crippen LogP contribution in [0.5, 0.6) is 0 Å². The van der Waals surface area contributed by atoms with Crippen LogP contribution in [0.15, 0.2) is 46.3 Å². The fraction of sp³-hybridized carbons (Fsp3) is 0.188. The van der Waals surface area contributed by atoms with Gasteiger partial charge in [0.05, 0.1) is 4.88 Å². The topological polar surface area (TPSA) is 59.2 Å². The summed E-state index contributed by atoms with van der Waals surface area (Å²) in [4.78, 5) is 18.8. The second-order valence-electron chi connectivity index (χ2n) is 5.02. The van der Waals surface area contributed by atoms with E-state index in [2.05, 4.69) is 10.1 Å². The zero-order valence-electron chi connectivity index (χ0n) is 12.3. The zero-order valence-corrected chi connectivity index (χ0v) is 13.1. The average Bonchev–Trinajstić information content (AvgIpc) is 3.18. The summed E-state index contributed by atoms with van der Waals surface area (Å²) in [5.41, 5.74) is 2.04. The third-order valence-electron chi connectivity index (χ3n) is 3.20. The standard InChI is InChI=1S/C16H15N3O2S/c1-11-5-3-6-12(9-11)15-17-14(21-18-15)10-19(2)16(20)13-7-4-8-22-13/h3-9H,10H2,1-2H3. The maximum Gasteiger partial charge on any atom is 0.264 e. The van der Waals surface area contributed by atoms with E-state index >= 15 is 0 Å². The lowest BCUT2D eigenvalue weighted by Crippen LogP contribution is -2.25. The van der Waals surface area contributed by atoms with E-state index in [0.29, 0.717) is 16.6 Å². The van der Waals surface area contributed by atoms with E-state index in [1.165, 1.54) is 11.3 Å². The minimum Gasteiger partial charge on any atom is -0.337 e. The van der Waals surface area contributed by atoms with Crippen LogP contribution in [0, 0.1) is 6.92 Å². The third kappa shape index (κ3) is 3.07. The highest BCUT2D eigenvalue weighted by atomic mass is 32.1. The molecule has 0 aliphatic rings. The van der Waals surface area contributed by atoms with Gasteiger partial charge in [-0.1, -0.05) is 35.0 Å². The van der Waals surface area contributed by atoms with Gasteiger partial charge in [-0.15, -0.1) is 11.3 Å². The third-order valence-corrected chi connectivity index (χ3v) is 4.05. The monoisotopic (exact) mass is 313 g/mol. The van der Waals surface area contributed by atoms with Crippen LogP contribution < -0.4 is 0 Å². The number of nitrogens with zero attached hydrogens (tertiary/aromatic N) is 3. The number of carbonyl (C=O) groups is 1. The Morgan fingerprint density at radius 2 is 2.18 bits per heavy atom. The fourth-order valence-corrected chi connectivity index (χ4v) is 2.80. The summed E-state index contributed by atoms with van der Waals surface area (Å²) < 4.78 is 5.25. The molecular formula is C16H15N3O2S. The van der Waals surface area contributed by atoms with Gasteiger partial charge in [0.2, 0.25) is 11.7 Å². The number of aryl methyl sites for hydroxylation is 1. The van der Waals surface area contributed by atoms with Crippen LogP contribution >= 0.6 is 11.3 Å². The molecule has 0 radical (unpaired) electrons. The van der Waals surface area contributed by atoms with Crippen molar-refractivity contribution in [1.29, 1.82) is 0 Å². The number of thiophene rings is 1. The molecule has 6 heteroatoms. The molecule has 112 valence electrons. The molecule has 0 spiro atoms. The van der Waals surface area contributed by atoms with Gasteiger partial charge in [0.1, 0.15) is 6.54 Å². The van der Waals surface area contributed by atoms with E-state index in [0.717, 1.165) is 11.1 Å². The SMILES string of the molecule is Cc1cccc(-c2noc(CN(C)C(=O)c3cccs3)n2)c1. The lowest BCUT2D eigenvalue weighted by atomic mass is 10.1. The molecule has 0 aliphatic carbocycles. The Hall–Kier alpha value is -2.47. The van der Waals surface area contributed by atoms with Gasteiger partial charge in [0.25, 0.3) is 5.91 Å². The summed E-state index contributed by atoms with van der Waals surface area (Å²) in [6.07, 6.45) is 0. The first-order chi connectivity index (χ1) is 10.6. The maximum atomic E-state index is 12.2. The molecule has 0 unspecified atom stereocenters. The number of benzene rings is 1. The highest BCUT2D eigenvalue weighted by molar-refractivity contribution is 7.12. The Labute approximate surface area is 132 Å². The summed E-state index contributed by atoms with van der Waals surface area (Å²) in [7, 11) is 1.72. The lowest BCUT2D eigenvalue weighted by molar-refractivity contribution is 0.0774. The molecule has 0 bridgehead atoms. The summed E-state index contributed by atoms with van der Waals surface area (Å²) >= 11 is 1.42. The predicted molar refractivity (Wildman–Crippen MR) is 84.6 cm³/mol. The lowest BCUT2D eigenvalue weighted by Gasteiger charge is -2.12. The summed E-state index contributed by atoms with van der Waals surface area (Å²) in [6, 6.07) is 11.5. The molecule has 3 aromatic rings. The molecule has 2 heterocycles. The summed E-state index contributed by atoms with van der Waals surface area (Å²) in [6.45, 7) is 2.30. The molecule has 0 fully saturated rings. The molecule has 1 aromatic carbocycles. The van der Waals surface area contributed by atoms with Crippen LogP contribution in [0.25, 0.3) is 11.4 Å². The Morgan fingerprint density at radius 3 is 2.91 bits per heavy atom. The van der Waals surface area contributed by atoms with Gasteiger partial charge in [-0.05, 0) is 24.4 Å². The van der Waals surface area contributed by atoms with Crippen LogP contribution in [0.2, 0.25) is 0 Å². The first kappa shape index (κ1) is 14.5. The Kier molecular flexibility index (Phi) is 4.02. The molecule has 0 saturated heterocycles. The van der Waals surface area contributed by atoms with Crippen molar-refractivity contribution in [2.24, 2.45) is 0 Å². The molecular weight excluding hydrogens is 298 g/mol. The highest BCUT2D eigenvalue weighted by Crippen LogP contribution is 2.18. The molecule has 3 rings (SSSR count). The second kappa shape index (κ2) is 6.11. The largest absolute Gasteiger partial charge is 0.337 e. The summed E-state index contributed by atoms with van der Waals surface area (Å²) in [5.74, 6) is 0.907. The molecule has 0 aliphatic heterocycles. The van der Waals surface area contributed by atoms with E-state index in [1.54, 1.807) is 18.0 Å². The minimum absolute atomic E-state index is 0.0506. The van der Waals surface area contributed by atoms with Gasteiger partial charge in [-0.25, -0.2) is 0 Å². The molecule has 0 saturated carbocycles. The van der Waals surface area contributed by atoms with Crippen LogP contribution in [-0.4, -0.2) is 28.0 Å². The number of hydrogen-bond acceptors (Lipinski definition) is 5. The quantitative estimate of drug-likeness (QED) is 0.741. The maximum absolute atomic E-state index is 12.2. The Morgan fingerprint density at radius 1 is 1.32 bits per heavy atom. The van der Waals surface area contributed by atoms with Crippen molar-refractivity contribution in [2.75, 3.05) is 7.05 Å². The first-order valence-electron chi connectivity index (χ1n) is 6.82. The highest BCUT2D eigenvalue weighted by Gasteiger charge is 2.16. The number of amides is 1. The van der Waals surface area contributed by atoms with E-state index in [-0.39, 0.29) is 12.5 Å². The zero-order chi connectivity index (χ0) is 15.5. The normalized spacial score (nSPS) is 10.6. The molecule has 0 N–H and O–H groups in total. The minimum atomic E-state index is -0.0506. The number of rotatable bonds is 4. The number of hydrogen-bond donors (Lipinski definition) is 0. The Bertz CT molecular complexity index is 780. The van der Waals surface area contributed by atoms with Crippen molar-refractivity contribution in [3.63, 3.8) is 0 Å². The van der Waals surface area contributed by atoms with Crippen LogP contribution in [-0.2, 0) is 6.54 Å². The van der Waals surface area contributed by atoms with Gasteiger partial charge in [0.15, 0.2) is 0 Å². The van der Waals surface area contributed by atoms with Gasteiger partial charge < -0.3 is 9.42 Å². The second-order valence-corrected chi connectivity index (χ2v) is 5.97. The van der Waals surface area contributed by atoms with Crippen molar-refractivity contribution in [2.45, 2.75) is 13.5 Å². The van der Waals surface area contributed by atoms with Gasteiger partial charge >= 0.3 is 0 Å². The number of aromatic nitrogens is 2. The van der Waals surface area contributed by atoms with Crippen molar-refractivity contribution in [3.05, 3.63) is 58.1 Å². The van der Waals surface area contributed by atoms with Crippen molar-refractivity contribution >= 4 is 17.2 Å². The van der Waals surface area contributed by atoms with E-state index in [9.17, 15) is 4.79 Å². The molecule has 0 atom stereocenters. The van der Waals surface area contributed by atoms with Crippen molar-refractivity contribution in [3.8, 4) is 11.4 Å². The van der Waals surface area contributed by atoms with Crippen LogP contribution in [0.1, 0.15) is 21.1 Å². The van der Waals surface area contributed by atoms with Crippen molar-refractivity contribution < 1.29 is 9.32 Å².